The summed E-state index contributed by atoms with van der Waals surface area (Å²) in [7, 11) is 0. The van der Waals surface area contributed by atoms with Gasteiger partial charge in [0, 0.05) is 27.0 Å². The smallest absolute Gasteiger partial charge is 0.0727 e. The lowest BCUT2D eigenvalue weighted by Crippen LogP contribution is -2.05. The Kier molecular flexibility index (Phi) is 4.36. The average molecular weight is 352 g/mol. The van der Waals surface area contributed by atoms with Crippen LogP contribution in [0, 0.1) is 0 Å². The van der Waals surface area contributed by atoms with Crippen molar-refractivity contribution in [2.75, 3.05) is 5.73 Å². The molecule has 1 aromatic heterocycles. The Bertz CT molecular complexity index is 591. The van der Waals surface area contributed by atoms with Gasteiger partial charge in [0.25, 0.3) is 0 Å². The Morgan fingerprint density at radius 2 is 2.10 bits per heavy atom. The molecule has 0 radical (unpaired) electrons. The van der Waals surface area contributed by atoms with Gasteiger partial charge in [-0.2, -0.15) is 5.10 Å². The molecule has 1 aromatic carbocycles. The number of anilines is 1. The molecule has 3 nitrogen and oxygen atoms in total. The highest BCUT2D eigenvalue weighted by Gasteiger charge is 2.17. The van der Waals surface area contributed by atoms with Crippen LogP contribution in [0.15, 0.2) is 39.8 Å². The zero-order chi connectivity index (χ0) is 13.9. The van der Waals surface area contributed by atoms with Gasteiger partial charge in [0.2, 0.25) is 0 Å². The van der Waals surface area contributed by atoms with Gasteiger partial charge in [-0.05, 0) is 53.0 Å². The molecule has 1 fully saturated rings. The zero-order valence-electron chi connectivity index (χ0n) is 11.3. The van der Waals surface area contributed by atoms with Crippen LogP contribution in [0.3, 0.4) is 0 Å². The molecule has 2 N–H and O–H groups in total. The fourth-order valence-electron chi connectivity index (χ4n) is 2.61. The molecule has 1 aliphatic rings. The zero-order valence-corrected chi connectivity index (χ0v) is 13.7. The third kappa shape index (κ3) is 3.20. The summed E-state index contributed by atoms with van der Waals surface area (Å²) < 4.78 is 3.21. The van der Waals surface area contributed by atoms with Crippen molar-refractivity contribution >= 4 is 33.4 Å². The van der Waals surface area contributed by atoms with Crippen LogP contribution in [0.25, 0.3) is 0 Å². The molecule has 5 heteroatoms. The van der Waals surface area contributed by atoms with E-state index in [2.05, 4.69) is 38.9 Å². The molecule has 0 atom stereocenters. The van der Waals surface area contributed by atoms with Crippen molar-refractivity contribution in [3.8, 4) is 0 Å². The topological polar surface area (TPSA) is 43.8 Å². The molecule has 0 bridgehead atoms. The first-order valence-electron chi connectivity index (χ1n) is 6.94. The van der Waals surface area contributed by atoms with Crippen molar-refractivity contribution in [2.24, 2.45) is 0 Å². The minimum atomic E-state index is 0.622. The first-order valence-corrected chi connectivity index (χ1v) is 8.72. The van der Waals surface area contributed by atoms with E-state index in [0.29, 0.717) is 6.04 Å². The van der Waals surface area contributed by atoms with Crippen molar-refractivity contribution in [1.29, 1.82) is 0 Å². The van der Waals surface area contributed by atoms with Crippen LogP contribution in [0.5, 0.6) is 0 Å². The highest BCUT2D eigenvalue weighted by Crippen LogP contribution is 2.32. The number of nitrogen functional groups attached to an aromatic ring is 1. The van der Waals surface area contributed by atoms with Gasteiger partial charge in [-0.3, -0.25) is 4.68 Å². The molecule has 3 rings (SSSR count). The highest BCUT2D eigenvalue weighted by atomic mass is 79.9. The summed E-state index contributed by atoms with van der Waals surface area (Å²) in [6, 6.07) is 8.69. The molecule has 106 valence electrons. The number of hydrogen-bond acceptors (Lipinski definition) is 3. The molecule has 20 heavy (non-hydrogen) atoms. The highest BCUT2D eigenvalue weighted by molar-refractivity contribution is 9.10. The first-order chi connectivity index (χ1) is 9.72. The van der Waals surface area contributed by atoms with E-state index in [1.807, 2.05) is 12.1 Å². The van der Waals surface area contributed by atoms with E-state index in [-0.39, 0.29) is 0 Å². The maximum absolute atomic E-state index is 5.75. The number of aromatic nitrogens is 2. The number of nitrogens with zero attached hydrogens (tertiary/aromatic N) is 2. The van der Waals surface area contributed by atoms with E-state index in [1.54, 1.807) is 11.8 Å². The summed E-state index contributed by atoms with van der Waals surface area (Å²) in [5.41, 5.74) is 7.68. The quantitative estimate of drug-likeness (QED) is 0.644. The molecule has 2 aromatic rings. The Labute approximate surface area is 132 Å². The number of benzene rings is 1. The number of hydrogen-bond donors (Lipinski definition) is 1. The maximum atomic E-state index is 5.75. The Morgan fingerprint density at radius 1 is 1.30 bits per heavy atom. The second-order valence-electron chi connectivity index (χ2n) is 5.20. The van der Waals surface area contributed by atoms with Gasteiger partial charge in [-0.15, -0.1) is 11.8 Å². The Morgan fingerprint density at radius 3 is 2.85 bits per heavy atom. The fourth-order valence-corrected chi connectivity index (χ4v) is 4.17. The van der Waals surface area contributed by atoms with Crippen LogP contribution in [0.4, 0.5) is 5.69 Å². The molecule has 0 spiro atoms. The van der Waals surface area contributed by atoms with Crippen LogP contribution in [-0.2, 0) is 5.75 Å². The van der Waals surface area contributed by atoms with E-state index in [9.17, 15) is 0 Å². The standard InChI is InChI=1S/C15H18BrN3S/c16-14-9-11(17)5-6-15(14)20-10-12-7-8-19(18-12)13-3-1-2-4-13/h5-9,13H,1-4,10,17H2. The van der Waals surface area contributed by atoms with Gasteiger partial charge in [-0.1, -0.05) is 12.8 Å². The molecule has 0 amide bonds. The van der Waals surface area contributed by atoms with Crippen LogP contribution in [0.1, 0.15) is 37.4 Å². The first kappa shape index (κ1) is 14.0. The summed E-state index contributed by atoms with van der Waals surface area (Å²) in [6.45, 7) is 0. The molecule has 1 heterocycles. The van der Waals surface area contributed by atoms with Gasteiger partial charge in [0.15, 0.2) is 0 Å². The SMILES string of the molecule is Nc1ccc(SCc2ccn(C3CCCC3)n2)c(Br)c1. The van der Waals surface area contributed by atoms with Crippen LogP contribution < -0.4 is 5.73 Å². The molecular weight excluding hydrogens is 334 g/mol. The average Bonchev–Trinajstić information content (AvgIpc) is 3.08. The van der Waals surface area contributed by atoms with Gasteiger partial charge >= 0.3 is 0 Å². The van der Waals surface area contributed by atoms with Crippen molar-refractivity contribution in [1.82, 2.24) is 9.78 Å². The van der Waals surface area contributed by atoms with E-state index >= 15 is 0 Å². The second kappa shape index (κ2) is 6.22. The van der Waals surface area contributed by atoms with Crippen molar-refractivity contribution in [3.63, 3.8) is 0 Å². The minimum Gasteiger partial charge on any atom is -0.399 e. The fraction of sp³-hybridized carbons (Fsp3) is 0.400. The third-order valence-electron chi connectivity index (χ3n) is 3.69. The lowest BCUT2D eigenvalue weighted by atomic mass is 10.3. The molecule has 0 aliphatic heterocycles. The van der Waals surface area contributed by atoms with Crippen LogP contribution >= 0.6 is 27.7 Å². The predicted octanol–water partition coefficient (Wildman–Crippen LogP) is 4.64. The summed E-state index contributed by atoms with van der Waals surface area (Å²) in [5, 5.41) is 4.71. The normalized spacial score (nSPS) is 15.8. The van der Waals surface area contributed by atoms with Crippen LogP contribution in [-0.4, -0.2) is 9.78 Å². The van der Waals surface area contributed by atoms with Gasteiger partial charge in [-0.25, -0.2) is 0 Å². The minimum absolute atomic E-state index is 0.622. The molecule has 0 saturated heterocycles. The number of nitrogens with two attached hydrogens (primary N) is 1. The molecule has 0 unspecified atom stereocenters. The van der Waals surface area contributed by atoms with Gasteiger partial charge in [0.1, 0.15) is 0 Å². The third-order valence-corrected chi connectivity index (χ3v) is 5.72. The summed E-state index contributed by atoms with van der Waals surface area (Å²) in [5.74, 6) is 0.891. The monoisotopic (exact) mass is 351 g/mol. The largest absolute Gasteiger partial charge is 0.399 e. The van der Waals surface area contributed by atoms with Crippen LogP contribution in [0.2, 0.25) is 0 Å². The Balaban J connectivity index is 1.63. The maximum Gasteiger partial charge on any atom is 0.0727 e. The van der Waals surface area contributed by atoms with Gasteiger partial charge < -0.3 is 5.73 Å². The van der Waals surface area contributed by atoms with E-state index in [0.717, 1.165) is 21.6 Å². The van der Waals surface area contributed by atoms with E-state index in [4.69, 9.17) is 10.8 Å². The van der Waals surface area contributed by atoms with Crippen molar-refractivity contribution in [2.45, 2.75) is 42.4 Å². The molecular formula is C15H18BrN3S. The lowest BCUT2D eigenvalue weighted by Gasteiger charge is -2.09. The lowest BCUT2D eigenvalue weighted by molar-refractivity contribution is 0.464. The number of thioether (sulfide) groups is 1. The number of rotatable bonds is 4. The van der Waals surface area contributed by atoms with Crippen molar-refractivity contribution in [3.05, 3.63) is 40.6 Å². The Hall–Kier alpha value is -0.940. The van der Waals surface area contributed by atoms with Crippen molar-refractivity contribution < 1.29 is 0 Å². The van der Waals surface area contributed by atoms with E-state index < -0.39 is 0 Å². The predicted molar refractivity (Wildman–Crippen MR) is 87.8 cm³/mol. The second-order valence-corrected chi connectivity index (χ2v) is 7.08. The number of halogens is 1. The van der Waals surface area contributed by atoms with E-state index in [1.165, 1.54) is 30.6 Å². The van der Waals surface area contributed by atoms with Gasteiger partial charge in [0.05, 0.1) is 11.7 Å². The summed E-state index contributed by atoms with van der Waals surface area (Å²) >= 11 is 5.34. The molecule has 1 saturated carbocycles. The summed E-state index contributed by atoms with van der Waals surface area (Å²) in [6.07, 6.45) is 7.36. The summed E-state index contributed by atoms with van der Waals surface area (Å²) in [4.78, 5) is 1.20. The molecule has 1 aliphatic carbocycles.